The number of hydrogen-bond donors (Lipinski definition) is 1. The van der Waals surface area contributed by atoms with Crippen molar-refractivity contribution in [2.75, 3.05) is 6.54 Å². The van der Waals surface area contributed by atoms with Crippen molar-refractivity contribution in [3.8, 4) is 11.3 Å². The molecule has 1 aromatic heterocycles. The van der Waals surface area contributed by atoms with Crippen molar-refractivity contribution >= 4 is 30.8 Å². The summed E-state index contributed by atoms with van der Waals surface area (Å²) in [7, 11) is 0. The van der Waals surface area contributed by atoms with Crippen molar-refractivity contribution in [2.24, 2.45) is 5.92 Å². The van der Waals surface area contributed by atoms with Crippen LogP contribution in [-0.4, -0.2) is 28.8 Å². The van der Waals surface area contributed by atoms with Gasteiger partial charge in [0.2, 0.25) is 0 Å². The van der Waals surface area contributed by atoms with E-state index in [2.05, 4.69) is 22.4 Å². The minimum atomic E-state index is -4.43. The lowest BCUT2D eigenvalue weighted by molar-refractivity contribution is -0.153. The third kappa shape index (κ3) is 5.67. The second kappa shape index (κ2) is 10.1. The molecule has 1 saturated heterocycles. The van der Waals surface area contributed by atoms with E-state index in [1.54, 1.807) is 12.1 Å². The van der Waals surface area contributed by atoms with Crippen LogP contribution in [0, 0.1) is 5.92 Å². The van der Waals surface area contributed by atoms with Gasteiger partial charge in [0, 0.05) is 11.1 Å². The molecule has 1 aliphatic heterocycles. The lowest BCUT2D eigenvalue weighted by Gasteiger charge is -2.29. The highest BCUT2D eigenvalue weighted by Crippen LogP contribution is 2.37. The number of nitrogens with one attached hydrogen (secondary N) is 1. The minimum Gasteiger partial charge on any atom is -0.456 e. The summed E-state index contributed by atoms with van der Waals surface area (Å²) in [6.07, 6.45) is -1.87. The Morgan fingerprint density at radius 2 is 1.97 bits per heavy atom. The van der Waals surface area contributed by atoms with Crippen molar-refractivity contribution in [1.82, 2.24) is 15.5 Å². The van der Waals surface area contributed by atoms with E-state index < -0.39 is 17.8 Å². The third-order valence-corrected chi connectivity index (χ3v) is 5.50. The normalized spacial score (nSPS) is 22.6. The zero-order valence-electron chi connectivity index (χ0n) is 16.8. The van der Waals surface area contributed by atoms with Gasteiger partial charge in [0.1, 0.15) is 12.1 Å². The highest BCUT2D eigenvalue weighted by molar-refractivity contribution is 5.85. The second-order valence-corrected chi connectivity index (χ2v) is 7.83. The van der Waals surface area contributed by atoms with Crippen LogP contribution in [0.5, 0.6) is 0 Å². The van der Waals surface area contributed by atoms with Crippen LogP contribution >= 0.6 is 24.8 Å². The fourth-order valence-electron chi connectivity index (χ4n) is 3.99. The van der Waals surface area contributed by atoms with Gasteiger partial charge >= 0.3 is 12.1 Å². The summed E-state index contributed by atoms with van der Waals surface area (Å²) in [5, 5.41) is 11.5. The summed E-state index contributed by atoms with van der Waals surface area (Å²) in [5.41, 5.74) is 1.40. The van der Waals surface area contributed by atoms with E-state index in [-0.39, 0.29) is 42.7 Å². The van der Waals surface area contributed by atoms with E-state index in [9.17, 15) is 18.0 Å². The quantitative estimate of drug-likeness (QED) is 0.635. The monoisotopic (exact) mass is 477 g/mol. The Morgan fingerprint density at radius 3 is 2.65 bits per heavy atom. The first-order valence-corrected chi connectivity index (χ1v) is 9.79. The molecular weight excluding hydrogens is 454 g/mol. The number of halogens is 5. The Bertz CT molecular complexity index is 921. The van der Waals surface area contributed by atoms with E-state index in [1.807, 2.05) is 0 Å². The maximum absolute atomic E-state index is 13.1. The summed E-state index contributed by atoms with van der Waals surface area (Å²) in [6, 6.07) is 6.42. The van der Waals surface area contributed by atoms with Gasteiger partial charge in [0.05, 0.1) is 17.0 Å². The van der Waals surface area contributed by atoms with Crippen LogP contribution in [0.15, 0.2) is 30.3 Å². The fourth-order valence-corrected chi connectivity index (χ4v) is 3.99. The van der Waals surface area contributed by atoms with Gasteiger partial charge in [-0.05, 0) is 56.3 Å². The predicted octanol–water partition coefficient (Wildman–Crippen LogP) is 4.92. The van der Waals surface area contributed by atoms with Crippen LogP contribution in [0.25, 0.3) is 11.3 Å². The third-order valence-electron chi connectivity index (χ3n) is 5.50. The molecule has 5 nitrogen and oxygen atoms in total. The summed E-state index contributed by atoms with van der Waals surface area (Å²) in [4.78, 5) is 12.5. The number of esters is 1. The molecule has 2 unspecified atom stereocenters. The van der Waals surface area contributed by atoms with Crippen LogP contribution < -0.4 is 5.32 Å². The molecule has 2 heterocycles. The van der Waals surface area contributed by atoms with Crippen LogP contribution in [0.3, 0.4) is 0 Å². The highest BCUT2D eigenvalue weighted by Gasteiger charge is 2.33. The van der Waals surface area contributed by atoms with Crippen LogP contribution in [0.1, 0.15) is 49.1 Å². The first kappa shape index (κ1) is 25.4. The Hall–Kier alpha value is -1.90. The van der Waals surface area contributed by atoms with Crippen molar-refractivity contribution in [3.05, 3.63) is 47.2 Å². The molecule has 4 rings (SSSR count). The first-order valence-electron chi connectivity index (χ1n) is 9.79. The van der Waals surface area contributed by atoms with Crippen molar-refractivity contribution in [1.29, 1.82) is 0 Å². The number of rotatable bonds is 3. The van der Waals surface area contributed by atoms with Crippen molar-refractivity contribution < 1.29 is 22.7 Å². The average molecular weight is 478 g/mol. The fraction of sp³-hybridized carbons (Fsp3) is 0.476. The number of alkyl halides is 3. The summed E-state index contributed by atoms with van der Waals surface area (Å²) in [6.45, 7) is 2.85. The summed E-state index contributed by atoms with van der Waals surface area (Å²) < 4.78 is 45.0. The van der Waals surface area contributed by atoms with Crippen molar-refractivity contribution in [2.45, 2.75) is 50.9 Å². The molecule has 31 heavy (non-hydrogen) atoms. The molecule has 10 heteroatoms. The van der Waals surface area contributed by atoms with Gasteiger partial charge in [-0.2, -0.15) is 23.4 Å². The van der Waals surface area contributed by atoms with E-state index in [1.165, 1.54) is 6.07 Å². The molecule has 170 valence electrons. The molecule has 0 amide bonds. The molecular formula is C21H24Cl2F3N3O2. The molecule has 0 bridgehead atoms. The van der Waals surface area contributed by atoms with Gasteiger partial charge in [0.25, 0.3) is 0 Å². The zero-order valence-corrected chi connectivity index (χ0v) is 18.4. The maximum atomic E-state index is 13.1. The number of aromatic nitrogens is 2. The Labute approximate surface area is 191 Å². The largest absolute Gasteiger partial charge is 0.456 e. The lowest BCUT2D eigenvalue weighted by Crippen LogP contribution is -2.34. The van der Waals surface area contributed by atoms with Crippen LogP contribution in [0.4, 0.5) is 13.2 Å². The number of fused-ring (bicyclic) bond motifs is 1. The van der Waals surface area contributed by atoms with Crippen LogP contribution in [0.2, 0.25) is 0 Å². The van der Waals surface area contributed by atoms with Crippen molar-refractivity contribution in [3.63, 3.8) is 0 Å². The number of ether oxygens (including phenoxy) is 1. The molecule has 1 N–H and O–H groups in total. The number of benzene rings is 1. The Kier molecular flexibility index (Phi) is 8.30. The molecule has 1 aliphatic carbocycles. The maximum Gasteiger partial charge on any atom is 0.416 e. The van der Waals surface area contributed by atoms with Gasteiger partial charge in [-0.25, -0.2) is 0 Å². The van der Waals surface area contributed by atoms with Gasteiger partial charge in [-0.15, -0.1) is 24.8 Å². The molecule has 0 spiro atoms. The number of carbonyl (C=O) groups excluding carboxylic acids is 1. The highest BCUT2D eigenvalue weighted by atomic mass is 35.5. The van der Waals surface area contributed by atoms with Gasteiger partial charge in [0.15, 0.2) is 0 Å². The molecule has 1 aromatic carbocycles. The topological polar surface area (TPSA) is 64.1 Å². The van der Waals surface area contributed by atoms with Gasteiger partial charge in [-0.1, -0.05) is 19.1 Å². The standard InChI is InChI=1S/C21H22F3N3O2.2ClH/c1-12-8-18-15(19(9-12)29-20(28)16-6-3-7-25-16)11-17(26-27-18)13-4-2-5-14(10-13)21(22,23)24;;/h2,4-5,10-12,16,19,25H,3,6-9H2,1H3;2*1H/t12?,16-,19?;;/m1../s1. The molecule has 0 radical (unpaired) electrons. The smallest absolute Gasteiger partial charge is 0.416 e. The van der Waals surface area contributed by atoms with E-state index in [0.717, 1.165) is 42.8 Å². The van der Waals surface area contributed by atoms with E-state index in [4.69, 9.17) is 4.74 Å². The minimum absolute atomic E-state index is 0. The lowest BCUT2D eigenvalue weighted by atomic mass is 9.85. The summed E-state index contributed by atoms with van der Waals surface area (Å²) in [5.74, 6) is -0.0180. The first-order chi connectivity index (χ1) is 13.8. The Balaban J connectivity index is 0.00000171. The average Bonchev–Trinajstić information content (AvgIpc) is 3.22. The van der Waals surface area contributed by atoms with Gasteiger partial charge < -0.3 is 10.1 Å². The van der Waals surface area contributed by atoms with E-state index >= 15 is 0 Å². The summed E-state index contributed by atoms with van der Waals surface area (Å²) >= 11 is 0. The second-order valence-electron chi connectivity index (χ2n) is 7.83. The van der Waals surface area contributed by atoms with Gasteiger partial charge in [-0.3, -0.25) is 4.79 Å². The predicted molar refractivity (Wildman–Crippen MR) is 114 cm³/mol. The molecule has 2 aromatic rings. The van der Waals surface area contributed by atoms with Crippen LogP contribution in [-0.2, 0) is 22.1 Å². The zero-order chi connectivity index (χ0) is 20.6. The molecule has 1 fully saturated rings. The SMILES string of the molecule is CC1Cc2nnc(-c3cccc(C(F)(F)F)c3)cc2C(OC(=O)[C@H]2CCCN2)C1.Cl.Cl. The Morgan fingerprint density at radius 1 is 1.19 bits per heavy atom. The number of nitrogens with zero attached hydrogens (tertiary/aromatic N) is 2. The molecule has 2 aliphatic rings. The number of hydrogen-bond acceptors (Lipinski definition) is 5. The van der Waals surface area contributed by atoms with E-state index in [0.29, 0.717) is 24.1 Å². The molecule has 3 atom stereocenters. The number of carbonyl (C=O) groups is 1. The molecule has 0 saturated carbocycles.